The summed E-state index contributed by atoms with van der Waals surface area (Å²) in [5.41, 5.74) is 5.51. The smallest absolute Gasteiger partial charge is 0.148 e. The average Bonchev–Trinajstić information content (AvgIpc) is 3.06. The summed E-state index contributed by atoms with van der Waals surface area (Å²) >= 11 is 0. The molecule has 25 heavy (non-hydrogen) atoms. The topological polar surface area (TPSA) is 66.5 Å². The Morgan fingerprint density at radius 2 is 1.88 bits per heavy atom. The molecule has 4 aromatic rings. The number of aromatic nitrogens is 4. The maximum absolute atomic E-state index is 4.34. The van der Waals surface area contributed by atoms with Crippen LogP contribution in [0.5, 0.6) is 0 Å². The van der Waals surface area contributed by atoms with Crippen molar-refractivity contribution in [3.63, 3.8) is 0 Å². The predicted molar refractivity (Wildman–Crippen MR) is 99.4 cm³/mol. The third-order valence-corrected chi connectivity index (χ3v) is 4.22. The Balaban J connectivity index is 1.42. The molecule has 0 aliphatic heterocycles. The second-order valence-electron chi connectivity index (χ2n) is 6.14. The fourth-order valence-corrected chi connectivity index (χ4v) is 2.80. The maximum atomic E-state index is 4.34. The van der Waals surface area contributed by atoms with Gasteiger partial charge in [0.25, 0.3) is 0 Å². The summed E-state index contributed by atoms with van der Waals surface area (Å²) in [6, 6.07) is 16.5. The number of pyridine rings is 1. The van der Waals surface area contributed by atoms with Gasteiger partial charge in [-0.25, -0.2) is 4.98 Å². The molecule has 5 nitrogen and oxygen atoms in total. The molecule has 3 heterocycles. The van der Waals surface area contributed by atoms with Crippen molar-refractivity contribution >= 4 is 16.9 Å². The van der Waals surface area contributed by atoms with Gasteiger partial charge in [-0.3, -0.25) is 0 Å². The van der Waals surface area contributed by atoms with Gasteiger partial charge in [-0.1, -0.05) is 29.8 Å². The molecule has 0 bridgehead atoms. The Bertz CT molecular complexity index is 971. The lowest BCUT2D eigenvalue weighted by atomic mass is 10.1. The highest BCUT2D eigenvalue weighted by Crippen LogP contribution is 2.18. The van der Waals surface area contributed by atoms with Crippen LogP contribution in [0.15, 0.2) is 60.9 Å². The first-order valence-corrected chi connectivity index (χ1v) is 8.31. The van der Waals surface area contributed by atoms with Gasteiger partial charge in [0.15, 0.2) is 0 Å². The van der Waals surface area contributed by atoms with E-state index >= 15 is 0 Å². The van der Waals surface area contributed by atoms with Gasteiger partial charge >= 0.3 is 0 Å². The Hall–Kier alpha value is -3.21. The minimum Gasteiger partial charge on any atom is -0.365 e. The molecule has 0 aliphatic carbocycles. The largest absolute Gasteiger partial charge is 0.365 e. The van der Waals surface area contributed by atoms with Crippen molar-refractivity contribution in [3.8, 4) is 0 Å². The van der Waals surface area contributed by atoms with Crippen LogP contribution in [0.25, 0.3) is 11.0 Å². The maximum Gasteiger partial charge on any atom is 0.148 e. The number of nitrogens with one attached hydrogen (secondary N) is 2. The number of nitrogens with zero attached hydrogens (tertiary/aromatic N) is 3. The molecule has 0 unspecified atom stereocenters. The Kier molecular flexibility index (Phi) is 4.12. The number of H-pyrrole nitrogens is 1. The van der Waals surface area contributed by atoms with Crippen molar-refractivity contribution in [1.82, 2.24) is 20.2 Å². The monoisotopic (exact) mass is 329 g/mol. The third-order valence-electron chi connectivity index (χ3n) is 4.22. The molecule has 0 saturated heterocycles. The lowest BCUT2D eigenvalue weighted by molar-refractivity contribution is 0.930. The predicted octanol–water partition coefficient (Wildman–Crippen LogP) is 3.86. The van der Waals surface area contributed by atoms with Gasteiger partial charge in [0, 0.05) is 30.7 Å². The van der Waals surface area contributed by atoms with Gasteiger partial charge in [0.1, 0.15) is 11.5 Å². The number of fused-ring (bicyclic) bond motifs is 1. The van der Waals surface area contributed by atoms with E-state index in [0.717, 1.165) is 35.5 Å². The molecule has 0 saturated carbocycles. The van der Waals surface area contributed by atoms with E-state index in [-0.39, 0.29) is 0 Å². The van der Waals surface area contributed by atoms with E-state index in [1.807, 2.05) is 24.4 Å². The number of rotatable bonds is 5. The average molecular weight is 329 g/mol. The first kappa shape index (κ1) is 15.3. The SMILES string of the molecule is Cc1ccc(CNc2ccc(Cc3c[nH]c4ncccc34)nn2)cc1. The molecule has 2 N–H and O–H groups in total. The third kappa shape index (κ3) is 3.50. The minimum absolute atomic E-state index is 0.733. The van der Waals surface area contributed by atoms with Crippen LogP contribution < -0.4 is 5.32 Å². The first-order valence-electron chi connectivity index (χ1n) is 8.31. The second kappa shape index (κ2) is 6.73. The quantitative estimate of drug-likeness (QED) is 0.583. The van der Waals surface area contributed by atoms with Crippen molar-refractivity contribution in [3.05, 3.63) is 83.3 Å². The van der Waals surface area contributed by atoms with Crippen LogP contribution in [0.3, 0.4) is 0 Å². The van der Waals surface area contributed by atoms with E-state index < -0.39 is 0 Å². The van der Waals surface area contributed by atoms with Crippen LogP contribution in [-0.4, -0.2) is 20.2 Å². The molecule has 5 heteroatoms. The summed E-state index contributed by atoms with van der Waals surface area (Å²) in [4.78, 5) is 7.51. The zero-order valence-electron chi connectivity index (χ0n) is 14.0. The van der Waals surface area contributed by atoms with Crippen molar-refractivity contribution < 1.29 is 0 Å². The fourth-order valence-electron chi connectivity index (χ4n) is 2.80. The van der Waals surface area contributed by atoms with Gasteiger partial charge < -0.3 is 10.3 Å². The highest BCUT2D eigenvalue weighted by atomic mass is 15.2. The Labute approximate surface area is 146 Å². The van der Waals surface area contributed by atoms with Crippen LogP contribution in [-0.2, 0) is 13.0 Å². The normalized spacial score (nSPS) is 10.9. The summed E-state index contributed by atoms with van der Waals surface area (Å²) < 4.78 is 0. The molecule has 0 spiro atoms. The first-order chi connectivity index (χ1) is 12.3. The minimum atomic E-state index is 0.733. The highest BCUT2D eigenvalue weighted by molar-refractivity contribution is 5.79. The van der Waals surface area contributed by atoms with Crippen LogP contribution in [0.1, 0.15) is 22.4 Å². The van der Waals surface area contributed by atoms with Gasteiger partial charge in [-0.15, -0.1) is 5.10 Å². The molecule has 0 atom stereocenters. The van der Waals surface area contributed by atoms with E-state index in [1.165, 1.54) is 16.7 Å². The molecule has 4 rings (SSSR count). The van der Waals surface area contributed by atoms with E-state index in [0.29, 0.717) is 0 Å². The number of anilines is 1. The van der Waals surface area contributed by atoms with Crippen LogP contribution in [0.4, 0.5) is 5.82 Å². The molecule has 0 aliphatic rings. The lowest BCUT2D eigenvalue weighted by Gasteiger charge is -2.06. The van der Waals surface area contributed by atoms with Gasteiger partial charge in [-0.05, 0) is 42.3 Å². The summed E-state index contributed by atoms with van der Waals surface area (Å²) in [6.45, 7) is 2.83. The fraction of sp³-hybridized carbons (Fsp3) is 0.150. The zero-order valence-corrected chi connectivity index (χ0v) is 14.0. The highest BCUT2D eigenvalue weighted by Gasteiger charge is 2.06. The van der Waals surface area contributed by atoms with E-state index in [4.69, 9.17) is 0 Å². The molecule has 3 aromatic heterocycles. The van der Waals surface area contributed by atoms with Crippen LogP contribution in [0.2, 0.25) is 0 Å². The number of aromatic amines is 1. The number of hydrogen-bond donors (Lipinski definition) is 2. The molecule has 0 radical (unpaired) electrons. The van der Waals surface area contributed by atoms with Crippen molar-refractivity contribution in [1.29, 1.82) is 0 Å². The van der Waals surface area contributed by atoms with Crippen LogP contribution in [0, 0.1) is 6.92 Å². The number of aryl methyl sites for hydroxylation is 1. The summed E-state index contributed by atoms with van der Waals surface area (Å²) in [5, 5.41) is 13.1. The summed E-state index contributed by atoms with van der Waals surface area (Å²) in [5.74, 6) is 0.782. The van der Waals surface area contributed by atoms with Gasteiger partial charge in [0.2, 0.25) is 0 Å². The molecule has 124 valence electrons. The summed E-state index contributed by atoms with van der Waals surface area (Å²) in [6.07, 6.45) is 4.51. The molecular formula is C20H19N5. The van der Waals surface area contributed by atoms with Crippen molar-refractivity contribution in [2.45, 2.75) is 19.9 Å². The van der Waals surface area contributed by atoms with E-state index in [9.17, 15) is 0 Å². The van der Waals surface area contributed by atoms with Gasteiger partial charge in [-0.2, -0.15) is 5.10 Å². The van der Waals surface area contributed by atoms with Crippen molar-refractivity contribution in [2.75, 3.05) is 5.32 Å². The Morgan fingerprint density at radius 1 is 1.00 bits per heavy atom. The standard InChI is InChI=1S/C20H19N5/c1-14-4-6-15(7-5-14)12-22-19-9-8-17(24-25-19)11-16-13-23-20-18(16)3-2-10-21-20/h2-10,13H,11-12H2,1H3,(H,21,23)(H,22,25). The Morgan fingerprint density at radius 3 is 2.68 bits per heavy atom. The van der Waals surface area contributed by atoms with E-state index in [1.54, 1.807) is 6.20 Å². The summed E-state index contributed by atoms with van der Waals surface area (Å²) in [7, 11) is 0. The molecular weight excluding hydrogens is 310 g/mol. The van der Waals surface area contributed by atoms with E-state index in [2.05, 4.69) is 62.7 Å². The lowest BCUT2D eigenvalue weighted by Crippen LogP contribution is -2.03. The molecule has 0 fully saturated rings. The molecule has 0 amide bonds. The van der Waals surface area contributed by atoms with Crippen molar-refractivity contribution in [2.24, 2.45) is 0 Å². The second-order valence-corrected chi connectivity index (χ2v) is 6.14. The number of hydrogen-bond acceptors (Lipinski definition) is 4. The molecule has 1 aromatic carbocycles. The zero-order chi connectivity index (χ0) is 17.1. The number of benzene rings is 1. The van der Waals surface area contributed by atoms with Gasteiger partial charge in [0.05, 0.1) is 5.69 Å². The van der Waals surface area contributed by atoms with Crippen LogP contribution >= 0.6 is 0 Å².